The molecular formula is C19H20N6OS. The second kappa shape index (κ2) is 6.62. The van der Waals surface area contributed by atoms with Crippen molar-refractivity contribution in [1.82, 2.24) is 24.8 Å². The van der Waals surface area contributed by atoms with Crippen molar-refractivity contribution in [2.24, 2.45) is 12.1 Å². The number of benzene rings is 1. The van der Waals surface area contributed by atoms with E-state index in [0.717, 1.165) is 26.1 Å². The number of nitrogens with one attached hydrogen (secondary N) is 1. The molecule has 0 unspecified atom stereocenters. The second-order valence-corrected chi connectivity index (χ2v) is 7.69. The van der Waals surface area contributed by atoms with Gasteiger partial charge >= 0.3 is 0 Å². The van der Waals surface area contributed by atoms with Crippen LogP contribution >= 0.6 is 11.3 Å². The number of para-hydroxylation sites is 1. The Morgan fingerprint density at radius 1 is 1.30 bits per heavy atom. The largest absolute Gasteiger partial charge is 0.318 e. The number of aromatic nitrogens is 4. The van der Waals surface area contributed by atoms with E-state index in [1.807, 2.05) is 67.4 Å². The average Bonchev–Trinajstić information content (AvgIpc) is 3.20. The summed E-state index contributed by atoms with van der Waals surface area (Å²) in [5.41, 5.74) is 5.67. The number of carbonyl (C=O) groups is 1. The molecule has 4 rings (SSSR count). The van der Waals surface area contributed by atoms with E-state index in [1.54, 1.807) is 6.20 Å². The van der Waals surface area contributed by atoms with E-state index in [-0.39, 0.29) is 11.9 Å². The number of fused-ring (bicyclic) bond motifs is 2. The summed E-state index contributed by atoms with van der Waals surface area (Å²) in [5.74, 6) is -0.281. The van der Waals surface area contributed by atoms with Crippen LogP contribution in [0.1, 0.15) is 35.9 Å². The third-order valence-corrected chi connectivity index (χ3v) is 5.57. The number of amides is 1. The fraction of sp³-hybridized carbons (Fsp3) is 0.263. The molecule has 3 aromatic heterocycles. The number of rotatable bonds is 3. The van der Waals surface area contributed by atoms with Gasteiger partial charge in [0, 0.05) is 18.5 Å². The fourth-order valence-corrected chi connectivity index (χ4v) is 4.00. The number of pyridine rings is 1. The molecule has 0 saturated carbocycles. The van der Waals surface area contributed by atoms with Crippen molar-refractivity contribution in [2.45, 2.75) is 26.8 Å². The first-order chi connectivity index (χ1) is 13.0. The summed E-state index contributed by atoms with van der Waals surface area (Å²) in [6.45, 7) is 5.92. The van der Waals surface area contributed by atoms with E-state index in [0.29, 0.717) is 11.3 Å². The van der Waals surface area contributed by atoms with Gasteiger partial charge in [-0.2, -0.15) is 5.10 Å². The lowest BCUT2D eigenvalue weighted by Gasteiger charge is -2.08. The van der Waals surface area contributed by atoms with Crippen LogP contribution in [0.4, 0.5) is 0 Å². The van der Waals surface area contributed by atoms with Gasteiger partial charge in [0.05, 0.1) is 27.7 Å². The van der Waals surface area contributed by atoms with Gasteiger partial charge in [0.1, 0.15) is 0 Å². The minimum Gasteiger partial charge on any atom is -0.318 e. The number of hydrogen-bond acceptors (Lipinski definition) is 5. The highest BCUT2D eigenvalue weighted by molar-refractivity contribution is 7.16. The van der Waals surface area contributed by atoms with Gasteiger partial charge in [-0.1, -0.05) is 23.5 Å². The van der Waals surface area contributed by atoms with Gasteiger partial charge in [-0.05, 0) is 39.0 Å². The summed E-state index contributed by atoms with van der Waals surface area (Å²) in [4.78, 5) is 18.0. The zero-order chi connectivity index (χ0) is 19.1. The first-order valence-electron chi connectivity index (χ1n) is 8.69. The summed E-state index contributed by atoms with van der Waals surface area (Å²) < 4.78 is 4.93. The van der Waals surface area contributed by atoms with Crippen molar-refractivity contribution in [1.29, 1.82) is 0 Å². The Morgan fingerprint density at radius 3 is 2.81 bits per heavy atom. The molecule has 0 radical (unpaired) electrons. The zero-order valence-electron chi connectivity index (χ0n) is 15.6. The maximum Gasteiger partial charge on any atom is 0.273 e. The molecule has 0 bridgehead atoms. The average molecular weight is 380 g/mol. The SMILES string of the molecule is Cc1nc2c(cnn2C(C)C)cc1C(=O)N/N=c1/sc2ccccc2n1C. The number of hydrogen-bond donors (Lipinski definition) is 1. The van der Waals surface area contributed by atoms with Crippen molar-refractivity contribution >= 4 is 38.5 Å². The van der Waals surface area contributed by atoms with Crippen molar-refractivity contribution in [2.75, 3.05) is 0 Å². The molecule has 27 heavy (non-hydrogen) atoms. The first-order valence-corrected chi connectivity index (χ1v) is 9.51. The van der Waals surface area contributed by atoms with E-state index in [4.69, 9.17) is 0 Å². The summed E-state index contributed by atoms with van der Waals surface area (Å²) in [5, 5.41) is 9.51. The molecule has 0 saturated heterocycles. The van der Waals surface area contributed by atoms with Gasteiger partial charge in [0.2, 0.25) is 4.80 Å². The van der Waals surface area contributed by atoms with E-state index >= 15 is 0 Å². The molecule has 1 aromatic carbocycles. The molecule has 0 spiro atoms. The van der Waals surface area contributed by atoms with E-state index in [1.165, 1.54) is 11.3 Å². The topological polar surface area (TPSA) is 77.1 Å². The van der Waals surface area contributed by atoms with Gasteiger partial charge in [0.15, 0.2) is 5.65 Å². The Hall–Kier alpha value is -3.00. The third kappa shape index (κ3) is 3.02. The lowest BCUT2D eigenvalue weighted by Crippen LogP contribution is -2.24. The highest BCUT2D eigenvalue weighted by Crippen LogP contribution is 2.19. The Morgan fingerprint density at radius 2 is 2.07 bits per heavy atom. The minimum absolute atomic E-state index is 0.206. The molecule has 0 atom stereocenters. The second-order valence-electron chi connectivity index (χ2n) is 6.68. The lowest BCUT2D eigenvalue weighted by molar-refractivity contribution is 0.0952. The maximum atomic E-state index is 12.7. The van der Waals surface area contributed by atoms with Crippen LogP contribution < -0.4 is 10.2 Å². The van der Waals surface area contributed by atoms with Gasteiger partial charge < -0.3 is 4.57 Å². The monoisotopic (exact) mass is 380 g/mol. The Balaban J connectivity index is 1.68. The Kier molecular flexibility index (Phi) is 4.27. The highest BCUT2D eigenvalue weighted by atomic mass is 32.1. The van der Waals surface area contributed by atoms with Crippen LogP contribution in [0, 0.1) is 6.92 Å². The van der Waals surface area contributed by atoms with E-state index in [9.17, 15) is 4.79 Å². The molecule has 1 N–H and O–H groups in total. The molecule has 138 valence electrons. The van der Waals surface area contributed by atoms with Crippen molar-refractivity contribution in [3.63, 3.8) is 0 Å². The summed E-state index contributed by atoms with van der Waals surface area (Å²) in [6.07, 6.45) is 1.74. The standard InChI is InChI=1S/C19H20N6OS/c1-11(2)25-17-13(10-20-25)9-14(12(3)21-17)18(26)22-23-19-24(4)15-7-5-6-8-16(15)27-19/h5-11H,1-4H3,(H,22,26)/b23-19+. The zero-order valence-corrected chi connectivity index (χ0v) is 16.4. The Labute approximate surface area is 160 Å². The van der Waals surface area contributed by atoms with Crippen molar-refractivity contribution < 1.29 is 4.79 Å². The van der Waals surface area contributed by atoms with Crippen LogP contribution in [0.5, 0.6) is 0 Å². The predicted molar refractivity (Wildman–Crippen MR) is 106 cm³/mol. The molecule has 0 aliphatic carbocycles. The highest BCUT2D eigenvalue weighted by Gasteiger charge is 2.15. The summed E-state index contributed by atoms with van der Waals surface area (Å²) in [6, 6.07) is 10.1. The van der Waals surface area contributed by atoms with Crippen LogP contribution in [-0.2, 0) is 7.05 Å². The minimum atomic E-state index is -0.281. The third-order valence-electron chi connectivity index (χ3n) is 4.46. The molecule has 7 nitrogen and oxygen atoms in total. The summed E-state index contributed by atoms with van der Waals surface area (Å²) >= 11 is 1.53. The van der Waals surface area contributed by atoms with E-state index < -0.39 is 0 Å². The molecule has 1 amide bonds. The number of nitrogens with zero attached hydrogens (tertiary/aromatic N) is 5. The van der Waals surface area contributed by atoms with Crippen LogP contribution in [0.15, 0.2) is 41.6 Å². The van der Waals surface area contributed by atoms with Gasteiger partial charge in [-0.3, -0.25) is 4.79 Å². The first kappa shape index (κ1) is 17.4. The fourth-order valence-electron chi connectivity index (χ4n) is 3.02. The lowest BCUT2D eigenvalue weighted by atomic mass is 10.1. The predicted octanol–water partition coefficient (Wildman–Crippen LogP) is 3.12. The van der Waals surface area contributed by atoms with Crippen LogP contribution in [0.3, 0.4) is 0 Å². The molecule has 8 heteroatoms. The van der Waals surface area contributed by atoms with Gasteiger partial charge in [-0.25, -0.2) is 15.1 Å². The molecular weight excluding hydrogens is 360 g/mol. The Bertz CT molecular complexity index is 1230. The molecule has 3 heterocycles. The van der Waals surface area contributed by atoms with Crippen LogP contribution in [0.2, 0.25) is 0 Å². The molecule has 0 fully saturated rings. The van der Waals surface area contributed by atoms with Gasteiger partial charge in [-0.15, -0.1) is 5.10 Å². The van der Waals surface area contributed by atoms with Crippen LogP contribution in [-0.4, -0.2) is 25.2 Å². The molecule has 0 aliphatic heterocycles. The number of thiazole rings is 1. The summed E-state index contributed by atoms with van der Waals surface area (Å²) in [7, 11) is 1.93. The number of carbonyl (C=O) groups excluding carboxylic acids is 1. The van der Waals surface area contributed by atoms with Crippen molar-refractivity contribution in [3.05, 3.63) is 52.6 Å². The quantitative estimate of drug-likeness (QED) is 0.555. The van der Waals surface area contributed by atoms with E-state index in [2.05, 4.69) is 20.6 Å². The normalized spacial score (nSPS) is 12.4. The smallest absolute Gasteiger partial charge is 0.273 e. The maximum absolute atomic E-state index is 12.7. The van der Waals surface area contributed by atoms with Gasteiger partial charge in [0.25, 0.3) is 5.91 Å². The molecule has 4 aromatic rings. The van der Waals surface area contributed by atoms with Crippen LogP contribution in [0.25, 0.3) is 21.3 Å². The van der Waals surface area contributed by atoms with Crippen molar-refractivity contribution in [3.8, 4) is 0 Å². The molecule has 0 aliphatic rings. The number of aryl methyl sites for hydroxylation is 2.